The molecule has 0 saturated carbocycles. The van der Waals surface area contributed by atoms with Crippen molar-refractivity contribution in [3.05, 3.63) is 149 Å². The smallest absolute Gasteiger partial charge is 0.272 e. The number of carbonyl (C=O) groups is 2. The zero-order chi connectivity index (χ0) is 27.0. The zero-order valence-corrected chi connectivity index (χ0v) is 21.5. The molecule has 0 radical (unpaired) electrons. The molecule has 0 aliphatic rings. The molecule has 194 valence electrons. The summed E-state index contributed by atoms with van der Waals surface area (Å²) in [5, 5.41) is 10.6. The molecule has 5 rings (SSSR count). The summed E-state index contributed by atoms with van der Waals surface area (Å²) in [7, 11) is 1.59. The summed E-state index contributed by atoms with van der Waals surface area (Å²) < 4.78 is 6.75. The summed E-state index contributed by atoms with van der Waals surface area (Å²) >= 11 is 0. The minimum Gasteiger partial charge on any atom is -0.497 e. The summed E-state index contributed by atoms with van der Waals surface area (Å²) in [6, 6.07) is 37.4. The molecule has 1 aromatic heterocycles. The normalized spacial score (nSPS) is 10.7. The van der Waals surface area contributed by atoms with Gasteiger partial charge in [-0.25, -0.2) is 4.68 Å². The first-order valence-electron chi connectivity index (χ1n) is 12.6. The average Bonchev–Trinajstić information content (AvgIpc) is 3.46. The van der Waals surface area contributed by atoms with E-state index in [0.717, 1.165) is 16.7 Å². The third kappa shape index (κ3) is 6.05. The second-order valence-electron chi connectivity index (χ2n) is 8.92. The first-order valence-corrected chi connectivity index (χ1v) is 12.6. The molecule has 39 heavy (non-hydrogen) atoms. The number of hydrogen-bond acceptors (Lipinski definition) is 4. The standard InChI is InChI=1S/C32H28N4O3/c1-39-27-19-17-26(18-20-27)36-29(32(38)33-22-23-11-5-2-6-12-23)21-28(35-36)31(37)34-30(24-13-7-3-8-14-24)25-15-9-4-10-16-25/h2-21,30H,22H2,1H3,(H,33,38)(H,34,37). The number of nitrogens with zero attached hydrogens (tertiary/aromatic N) is 2. The van der Waals surface area contributed by atoms with Crippen molar-refractivity contribution in [3.8, 4) is 11.4 Å². The second-order valence-corrected chi connectivity index (χ2v) is 8.92. The summed E-state index contributed by atoms with van der Waals surface area (Å²) in [6.45, 7) is 0.346. The van der Waals surface area contributed by atoms with E-state index in [1.807, 2.05) is 91.0 Å². The predicted molar refractivity (Wildman–Crippen MR) is 150 cm³/mol. The van der Waals surface area contributed by atoms with Crippen LogP contribution >= 0.6 is 0 Å². The molecule has 2 N–H and O–H groups in total. The van der Waals surface area contributed by atoms with Crippen molar-refractivity contribution in [1.29, 1.82) is 0 Å². The Bertz CT molecular complexity index is 1490. The Balaban J connectivity index is 1.46. The quantitative estimate of drug-likeness (QED) is 0.277. The minimum absolute atomic E-state index is 0.132. The maximum absolute atomic E-state index is 13.6. The molecule has 2 amide bonds. The summed E-state index contributed by atoms with van der Waals surface area (Å²) in [4.78, 5) is 26.9. The molecule has 0 aliphatic heterocycles. The number of amides is 2. The highest BCUT2D eigenvalue weighted by atomic mass is 16.5. The van der Waals surface area contributed by atoms with Crippen molar-refractivity contribution in [2.75, 3.05) is 7.11 Å². The van der Waals surface area contributed by atoms with Crippen molar-refractivity contribution in [2.45, 2.75) is 12.6 Å². The molecular formula is C32H28N4O3. The molecule has 0 fully saturated rings. The highest BCUT2D eigenvalue weighted by Crippen LogP contribution is 2.23. The predicted octanol–water partition coefficient (Wildman–Crippen LogP) is 5.33. The Morgan fingerprint density at radius 1 is 0.769 bits per heavy atom. The number of ether oxygens (including phenoxy) is 1. The van der Waals surface area contributed by atoms with E-state index in [-0.39, 0.29) is 23.3 Å². The summed E-state index contributed by atoms with van der Waals surface area (Å²) in [5.41, 5.74) is 3.85. The molecule has 7 nitrogen and oxygen atoms in total. The molecule has 0 bridgehead atoms. The lowest BCUT2D eigenvalue weighted by Gasteiger charge is -2.19. The summed E-state index contributed by atoms with van der Waals surface area (Å²) in [6.07, 6.45) is 0. The second kappa shape index (κ2) is 11.9. The van der Waals surface area contributed by atoms with E-state index in [9.17, 15) is 9.59 Å². The van der Waals surface area contributed by atoms with Crippen LogP contribution in [-0.2, 0) is 6.54 Å². The molecule has 0 atom stereocenters. The van der Waals surface area contributed by atoms with Gasteiger partial charge < -0.3 is 15.4 Å². The number of rotatable bonds is 9. The van der Waals surface area contributed by atoms with Gasteiger partial charge >= 0.3 is 0 Å². The van der Waals surface area contributed by atoms with Crippen molar-refractivity contribution in [2.24, 2.45) is 0 Å². The lowest BCUT2D eigenvalue weighted by molar-refractivity contribution is 0.0933. The highest BCUT2D eigenvalue weighted by Gasteiger charge is 2.23. The van der Waals surface area contributed by atoms with E-state index in [4.69, 9.17) is 4.74 Å². The molecular weight excluding hydrogens is 488 g/mol. The third-order valence-electron chi connectivity index (χ3n) is 6.33. The Morgan fingerprint density at radius 3 is 1.90 bits per heavy atom. The molecule has 4 aromatic carbocycles. The largest absolute Gasteiger partial charge is 0.497 e. The monoisotopic (exact) mass is 516 g/mol. The number of hydrogen-bond donors (Lipinski definition) is 2. The zero-order valence-electron chi connectivity index (χ0n) is 21.5. The van der Waals surface area contributed by atoms with Crippen LogP contribution in [0.1, 0.15) is 43.7 Å². The molecule has 0 aliphatic carbocycles. The van der Waals surface area contributed by atoms with Crippen LogP contribution in [-0.4, -0.2) is 28.7 Å². The lowest BCUT2D eigenvalue weighted by atomic mass is 9.98. The fraction of sp³-hybridized carbons (Fsp3) is 0.0938. The first kappa shape index (κ1) is 25.5. The van der Waals surface area contributed by atoms with E-state index in [2.05, 4.69) is 15.7 Å². The maximum Gasteiger partial charge on any atom is 0.272 e. The fourth-order valence-corrected chi connectivity index (χ4v) is 4.30. The van der Waals surface area contributed by atoms with Gasteiger partial charge in [-0.1, -0.05) is 91.0 Å². The molecule has 0 saturated heterocycles. The minimum atomic E-state index is -0.392. The van der Waals surface area contributed by atoms with E-state index < -0.39 is 5.91 Å². The molecule has 1 heterocycles. The van der Waals surface area contributed by atoms with Crippen molar-refractivity contribution in [1.82, 2.24) is 20.4 Å². The SMILES string of the molecule is COc1ccc(-n2nc(C(=O)NC(c3ccccc3)c3ccccc3)cc2C(=O)NCc2ccccc2)cc1. The van der Waals surface area contributed by atoms with Gasteiger partial charge in [-0.2, -0.15) is 5.10 Å². The number of nitrogens with one attached hydrogen (secondary N) is 2. The van der Waals surface area contributed by atoms with Gasteiger partial charge in [0, 0.05) is 12.6 Å². The lowest BCUT2D eigenvalue weighted by Crippen LogP contribution is -2.29. The maximum atomic E-state index is 13.6. The Morgan fingerprint density at radius 2 is 1.33 bits per heavy atom. The molecule has 7 heteroatoms. The third-order valence-corrected chi connectivity index (χ3v) is 6.33. The Hall–Kier alpha value is -5.17. The van der Waals surface area contributed by atoms with Crippen LogP contribution in [0.3, 0.4) is 0 Å². The van der Waals surface area contributed by atoms with Crippen molar-refractivity contribution in [3.63, 3.8) is 0 Å². The highest BCUT2D eigenvalue weighted by molar-refractivity contribution is 5.98. The van der Waals surface area contributed by atoms with Gasteiger partial charge in [0.05, 0.1) is 18.8 Å². The van der Waals surface area contributed by atoms with E-state index in [1.54, 1.807) is 31.4 Å². The van der Waals surface area contributed by atoms with Gasteiger partial charge in [0.1, 0.15) is 11.4 Å². The van der Waals surface area contributed by atoms with E-state index in [0.29, 0.717) is 18.0 Å². The first-order chi connectivity index (χ1) is 19.1. The topological polar surface area (TPSA) is 85.2 Å². The van der Waals surface area contributed by atoms with E-state index >= 15 is 0 Å². The van der Waals surface area contributed by atoms with Crippen LogP contribution in [0.25, 0.3) is 5.69 Å². The van der Waals surface area contributed by atoms with Gasteiger partial charge in [-0.15, -0.1) is 0 Å². The van der Waals surface area contributed by atoms with Crippen LogP contribution in [0.4, 0.5) is 0 Å². The van der Waals surface area contributed by atoms with Crippen LogP contribution < -0.4 is 15.4 Å². The van der Waals surface area contributed by atoms with Gasteiger partial charge in [0.2, 0.25) is 0 Å². The average molecular weight is 517 g/mol. The van der Waals surface area contributed by atoms with Crippen LogP contribution in [0.5, 0.6) is 5.75 Å². The Kier molecular flexibility index (Phi) is 7.79. The van der Waals surface area contributed by atoms with Crippen molar-refractivity contribution >= 4 is 11.8 Å². The molecule has 0 unspecified atom stereocenters. The molecule has 5 aromatic rings. The summed E-state index contributed by atoms with van der Waals surface area (Å²) in [5.74, 6) is -0.0616. The number of benzene rings is 4. The van der Waals surface area contributed by atoms with E-state index in [1.165, 1.54) is 10.7 Å². The Labute approximate surface area is 227 Å². The fourth-order valence-electron chi connectivity index (χ4n) is 4.30. The van der Waals surface area contributed by atoms with Gasteiger partial charge in [-0.3, -0.25) is 9.59 Å². The number of methoxy groups -OCH3 is 1. The number of carbonyl (C=O) groups excluding carboxylic acids is 2. The van der Waals surface area contributed by atoms with Crippen LogP contribution in [0, 0.1) is 0 Å². The van der Waals surface area contributed by atoms with Crippen LogP contribution in [0.15, 0.2) is 121 Å². The van der Waals surface area contributed by atoms with Gasteiger partial charge in [0.15, 0.2) is 5.69 Å². The number of aromatic nitrogens is 2. The van der Waals surface area contributed by atoms with Gasteiger partial charge in [-0.05, 0) is 41.0 Å². The molecule has 0 spiro atoms. The van der Waals surface area contributed by atoms with Crippen molar-refractivity contribution < 1.29 is 14.3 Å². The van der Waals surface area contributed by atoms with Crippen LogP contribution in [0.2, 0.25) is 0 Å². The van der Waals surface area contributed by atoms with Gasteiger partial charge in [0.25, 0.3) is 11.8 Å².